The molecule has 0 spiro atoms. The largest absolute Gasteiger partial charge is 0.379 e. The van der Waals surface area contributed by atoms with Crippen LogP contribution in [-0.2, 0) is 10.2 Å². The van der Waals surface area contributed by atoms with Crippen LogP contribution in [0, 0.1) is 0 Å². The molecule has 0 amide bonds. The van der Waals surface area contributed by atoms with Gasteiger partial charge in [-0.05, 0) is 42.9 Å². The van der Waals surface area contributed by atoms with E-state index in [-0.39, 0.29) is 5.41 Å². The number of hydrogen-bond acceptors (Lipinski definition) is 1. The molecule has 0 aliphatic heterocycles. The third-order valence-electron chi connectivity index (χ3n) is 6.11. The molecule has 1 nitrogen and oxygen atoms in total. The molecule has 3 aromatic carbocycles. The lowest BCUT2D eigenvalue weighted by molar-refractivity contribution is 0.0564. The average molecular weight is 401 g/mol. The Labute approximate surface area is 183 Å². The first kappa shape index (κ1) is 22.3. The summed E-state index contributed by atoms with van der Waals surface area (Å²) in [5, 5.41) is 0. The van der Waals surface area contributed by atoms with Crippen LogP contribution in [0.4, 0.5) is 0 Å². The van der Waals surface area contributed by atoms with Gasteiger partial charge in [0.15, 0.2) is 0 Å². The van der Waals surface area contributed by atoms with Gasteiger partial charge >= 0.3 is 0 Å². The Morgan fingerprint density at radius 1 is 0.667 bits per heavy atom. The zero-order chi connectivity index (χ0) is 21.1. The van der Waals surface area contributed by atoms with Crippen molar-refractivity contribution in [2.24, 2.45) is 0 Å². The van der Waals surface area contributed by atoms with Gasteiger partial charge in [-0.1, -0.05) is 117 Å². The lowest BCUT2D eigenvalue weighted by Gasteiger charge is -2.36. The molecule has 0 aliphatic rings. The highest BCUT2D eigenvalue weighted by Crippen LogP contribution is 2.43. The van der Waals surface area contributed by atoms with Crippen LogP contribution in [0.3, 0.4) is 0 Å². The van der Waals surface area contributed by atoms with E-state index in [2.05, 4.69) is 105 Å². The van der Waals surface area contributed by atoms with Crippen molar-refractivity contribution in [2.45, 2.75) is 63.9 Å². The van der Waals surface area contributed by atoms with E-state index in [4.69, 9.17) is 4.74 Å². The molecule has 3 aromatic rings. The molecule has 1 atom stereocenters. The standard InChI is InChI=1S/C29H36O/c1-3-4-24-30-25(2)16-14-15-23-29(26-17-8-5-9-18-26,27-19-10-6-11-20-27)28-21-12-7-13-22-28/h5-13,17-22,25H,3-4,14-16,23-24H2,1-2H3. The number of unbranched alkanes of at least 4 members (excludes halogenated alkanes) is 2. The fraction of sp³-hybridized carbons (Fsp3) is 0.379. The molecule has 1 unspecified atom stereocenters. The van der Waals surface area contributed by atoms with Gasteiger partial charge in [0.1, 0.15) is 0 Å². The van der Waals surface area contributed by atoms with E-state index in [0.29, 0.717) is 6.10 Å². The second-order valence-corrected chi connectivity index (χ2v) is 8.28. The van der Waals surface area contributed by atoms with Gasteiger partial charge in [-0.2, -0.15) is 0 Å². The summed E-state index contributed by atoms with van der Waals surface area (Å²) < 4.78 is 5.97. The van der Waals surface area contributed by atoms with Crippen molar-refractivity contribution < 1.29 is 4.74 Å². The first-order chi connectivity index (χ1) is 14.8. The predicted molar refractivity (Wildman–Crippen MR) is 128 cm³/mol. The Morgan fingerprint density at radius 3 is 1.57 bits per heavy atom. The quantitative estimate of drug-likeness (QED) is 0.223. The normalized spacial score (nSPS) is 12.6. The topological polar surface area (TPSA) is 9.23 Å². The SMILES string of the molecule is CCCCOC(C)CCCCC(c1ccccc1)(c1ccccc1)c1ccccc1. The van der Waals surface area contributed by atoms with Crippen LogP contribution in [0.15, 0.2) is 91.0 Å². The zero-order valence-corrected chi connectivity index (χ0v) is 18.6. The molecule has 0 aromatic heterocycles. The van der Waals surface area contributed by atoms with Crippen LogP contribution in [0.5, 0.6) is 0 Å². The van der Waals surface area contributed by atoms with Gasteiger partial charge in [-0.25, -0.2) is 0 Å². The fourth-order valence-electron chi connectivity index (χ4n) is 4.44. The van der Waals surface area contributed by atoms with Crippen molar-refractivity contribution in [3.63, 3.8) is 0 Å². The fourth-order valence-corrected chi connectivity index (χ4v) is 4.44. The molecule has 3 rings (SSSR count). The van der Waals surface area contributed by atoms with Gasteiger partial charge in [0.25, 0.3) is 0 Å². The zero-order valence-electron chi connectivity index (χ0n) is 18.6. The Morgan fingerprint density at radius 2 is 1.13 bits per heavy atom. The lowest BCUT2D eigenvalue weighted by atomic mass is 9.66. The summed E-state index contributed by atoms with van der Waals surface area (Å²) in [6.45, 7) is 5.32. The van der Waals surface area contributed by atoms with Gasteiger partial charge in [-0.15, -0.1) is 0 Å². The molecule has 0 aliphatic carbocycles. The molecule has 0 N–H and O–H groups in total. The van der Waals surface area contributed by atoms with E-state index in [9.17, 15) is 0 Å². The van der Waals surface area contributed by atoms with Crippen LogP contribution >= 0.6 is 0 Å². The summed E-state index contributed by atoms with van der Waals surface area (Å²) in [5.74, 6) is 0. The molecule has 0 fully saturated rings. The third-order valence-corrected chi connectivity index (χ3v) is 6.11. The Balaban J connectivity index is 1.85. The molecule has 1 heteroatoms. The van der Waals surface area contributed by atoms with E-state index in [0.717, 1.165) is 25.9 Å². The average Bonchev–Trinajstić information content (AvgIpc) is 2.81. The predicted octanol–water partition coefficient (Wildman–Crippen LogP) is 7.79. The highest BCUT2D eigenvalue weighted by Gasteiger charge is 2.35. The second kappa shape index (κ2) is 11.7. The van der Waals surface area contributed by atoms with E-state index in [1.54, 1.807) is 0 Å². The number of hydrogen-bond donors (Lipinski definition) is 0. The summed E-state index contributed by atoms with van der Waals surface area (Å²) in [7, 11) is 0. The lowest BCUT2D eigenvalue weighted by Crippen LogP contribution is -2.29. The van der Waals surface area contributed by atoms with E-state index >= 15 is 0 Å². The number of rotatable bonds is 12. The Kier molecular flexibility index (Phi) is 8.71. The van der Waals surface area contributed by atoms with Gasteiger partial charge in [0, 0.05) is 12.0 Å². The minimum atomic E-state index is -0.129. The van der Waals surface area contributed by atoms with Crippen molar-refractivity contribution in [1.29, 1.82) is 0 Å². The minimum Gasteiger partial charge on any atom is -0.379 e. The number of benzene rings is 3. The van der Waals surface area contributed by atoms with Crippen LogP contribution in [0.2, 0.25) is 0 Å². The molecular formula is C29H36O. The van der Waals surface area contributed by atoms with Gasteiger partial charge in [-0.3, -0.25) is 0 Å². The van der Waals surface area contributed by atoms with Crippen LogP contribution < -0.4 is 0 Å². The Hall–Kier alpha value is -2.38. The van der Waals surface area contributed by atoms with E-state index < -0.39 is 0 Å². The summed E-state index contributed by atoms with van der Waals surface area (Å²) in [6, 6.07) is 33.1. The van der Waals surface area contributed by atoms with Crippen LogP contribution in [0.25, 0.3) is 0 Å². The highest BCUT2D eigenvalue weighted by molar-refractivity contribution is 5.50. The summed E-state index contributed by atoms with van der Waals surface area (Å²) in [6.07, 6.45) is 7.26. The van der Waals surface area contributed by atoms with Crippen LogP contribution in [0.1, 0.15) is 69.1 Å². The molecule has 0 saturated carbocycles. The first-order valence-electron chi connectivity index (χ1n) is 11.6. The van der Waals surface area contributed by atoms with Crippen molar-refractivity contribution in [3.05, 3.63) is 108 Å². The molecule has 0 saturated heterocycles. The molecule has 158 valence electrons. The number of ether oxygens (including phenoxy) is 1. The summed E-state index contributed by atoms with van der Waals surface area (Å²) in [5.41, 5.74) is 3.98. The van der Waals surface area contributed by atoms with Crippen molar-refractivity contribution in [1.82, 2.24) is 0 Å². The maximum Gasteiger partial charge on any atom is 0.0547 e. The van der Waals surface area contributed by atoms with Gasteiger partial charge in [0.2, 0.25) is 0 Å². The molecule has 30 heavy (non-hydrogen) atoms. The van der Waals surface area contributed by atoms with Crippen molar-refractivity contribution in [3.8, 4) is 0 Å². The Bertz CT molecular complexity index is 729. The van der Waals surface area contributed by atoms with Crippen molar-refractivity contribution in [2.75, 3.05) is 6.61 Å². The van der Waals surface area contributed by atoms with Crippen molar-refractivity contribution >= 4 is 0 Å². The molecule has 0 bridgehead atoms. The second-order valence-electron chi connectivity index (χ2n) is 8.28. The smallest absolute Gasteiger partial charge is 0.0547 e. The highest BCUT2D eigenvalue weighted by atomic mass is 16.5. The minimum absolute atomic E-state index is 0.129. The van der Waals surface area contributed by atoms with Gasteiger partial charge < -0.3 is 4.74 Å². The third kappa shape index (κ3) is 5.61. The molecule has 0 heterocycles. The van der Waals surface area contributed by atoms with E-state index in [1.807, 2.05) is 0 Å². The monoisotopic (exact) mass is 400 g/mol. The molecular weight excluding hydrogens is 364 g/mol. The first-order valence-corrected chi connectivity index (χ1v) is 11.6. The molecule has 0 radical (unpaired) electrons. The summed E-state index contributed by atoms with van der Waals surface area (Å²) in [4.78, 5) is 0. The van der Waals surface area contributed by atoms with E-state index in [1.165, 1.54) is 36.0 Å². The van der Waals surface area contributed by atoms with Gasteiger partial charge in [0.05, 0.1) is 6.10 Å². The maximum atomic E-state index is 5.97. The maximum absolute atomic E-state index is 5.97. The van der Waals surface area contributed by atoms with Crippen LogP contribution in [-0.4, -0.2) is 12.7 Å². The summed E-state index contributed by atoms with van der Waals surface area (Å²) >= 11 is 0.